The molecule has 1 atom stereocenters. The van der Waals surface area contributed by atoms with Crippen molar-refractivity contribution < 1.29 is 9.21 Å². The summed E-state index contributed by atoms with van der Waals surface area (Å²) >= 11 is 0. The zero-order valence-corrected chi connectivity index (χ0v) is 7.67. The Morgan fingerprint density at radius 2 is 2.46 bits per heavy atom. The highest BCUT2D eigenvalue weighted by atomic mass is 16.3. The van der Waals surface area contributed by atoms with Crippen molar-refractivity contribution in [3.63, 3.8) is 0 Å². The number of aryl methyl sites for hydroxylation is 1. The van der Waals surface area contributed by atoms with E-state index in [4.69, 9.17) is 10.2 Å². The second kappa shape index (κ2) is 3.00. The molecule has 13 heavy (non-hydrogen) atoms. The molecule has 0 saturated carbocycles. The molecule has 0 aliphatic heterocycles. The molecule has 1 aliphatic carbocycles. The third-order valence-corrected chi connectivity index (χ3v) is 2.51. The molecule has 0 amide bonds. The summed E-state index contributed by atoms with van der Waals surface area (Å²) in [6.07, 6.45) is 2.96. The normalized spacial score (nSPS) is 21.2. The Kier molecular flexibility index (Phi) is 1.96. The SMILES string of the molecule is CC(=O)c1cc2c(o1)CCCC2N. The van der Waals surface area contributed by atoms with Crippen molar-refractivity contribution >= 4 is 5.78 Å². The molecular weight excluding hydrogens is 166 g/mol. The molecule has 0 aromatic carbocycles. The van der Waals surface area contributed by atoms with Gasteiger partial charge in [-0.1, -0.05) is 0 Å². The Hall–Kier alpha value is -1.09. The summed E-state index contributed by atoms with van der Waals surface area (Å²) in [5, 5.41) is 0. The number of nitrogens with two attached hydrogens (primary N) is 1. The summed E-state index contributed by atoms with van der Waals surface area (Å²) in [7, 11) is 0. The van der Waals surface area contributed by atoms with Crippen molar-refractivity contribution in [3.05, 3.63) is 23.2 Å². The monoisotopic (exact) mass is 179 g/mol. The average Bonchev–Trinajstić information content (AvgIpc) is 2.49. The second-order valence-corrected chi connectivity index (χ2v) is 3.54. The minimum atomic E-state index is -0.0263. The molecule has 3 heteroatoms. The van der Waals surface area contributed by atoms with Crippen LogP contribution in [0.15, 0.2) is 10.5 Å². The van der Waals surface area contributed by atoms with Crippen molar-refractivity contribution in [1.29, 1.82) is 0 Å². The molecule has 70 valence electrons. The summed E-state index contributed by atoms with van der Waals surface area (Å²) < 4.78 is 5.41. The van der Waals surface area contributed by atoms with E-state index >= 15 is 0 Å². The van der Waals surface area contributed by atoms with Crippen molar-refractivity contribution in [1.82, 2.24) is 0 Å². The van der Waals surface area contributed by atoms with E-state index in [2.05, 4.69) is 0 Å². The van der Waals surface area contributed by atoms with E-state index in [1.165, 1.54) is 6.92 Å². The number of fused-ring (bicyclic) bond motifs is 1. The van der Waals surface area contributed by atoms with Gasteiger partial charge in [-0.3, -0.25) is 4.79 Å². The first-order chi connectivity index (χ1) is 6.18. The van der Waals surface area contributed by atoms with Crippen molar-refractivity contribution in [2.24, 2.45) is 5.73 Å². The molecule has 1 aromatic heterocycles. The van der Waals surface area contributed by atoms with E-state index in [1.807, 2.05) is 0 Å². The molecule has 2 rings (SSSR count). The third kappa shape index (κ3) is 1.40. The standard InChI is InChI=1S/C10H13NO2/c1-6(12)10-5-7-8(11)3-2-4-9(7)13-10/h5,8H,2-4,11H2,1H3. The van der Waals surface area contributed by atoms with Crippen LogP contribution in [0.4, 0.5) is 0 Å². The molecule has 1 aliphatic rings. The number of carbonyl (C=O) groups excluding carboxylic acids is 1. The van der Waals surface area contributed by atoms with Crippen LogP contribution >= 0.6 is 0 Å². The van der Waals surface area contributed by atoms with Crippen LogP contribution in [0.2, 0.25) is 0 Å². The fourth-order valence-corrected chi connectivity index (χ4v) is 1.76. The van der Waals surface area contributed by atoms with Crippen LogP contribution in [0.3, 0.4) is 0 Å². The lowest BCUT2D eigenvalue weighted by atomic mass is 9.94. The van der Waals surface area contributed by atoms with Gasteiger partial charge in [-0.25, -0.2) is 0 Å². The molecule has 3 nitrogen and oxygen atoms in total. The smallest absolute Gasteiger partial charge is 0.194 e. The lowest BCUT2D eigenvalue weighted by Gasteiger charge is -2.16. The van der Waals surface area contributed by atoms with E-state index in [0.717, 1.165) is 30.6 Å². The average molecular weight is 179 g/mol. The van der Waals surface area contributed by atoms with E-state index in [1.54, 1.807) is 6.07 Å². The zero-order valence-electron chi connectivity index (χ0n) is 7.67. The van der Waals surface area contributed by atoms with Gasteiger partial charge in [0.05, 0.1) is 0 Å². The second-order valence-electron chi connectivity index (χ2n) is 3.54. The third-order valence-electron chi connectivity index (χ3n) is 2.51. The first-order valence-electron chi connectivity index (χ1n) is 4.57. The molecule has 0 fully saturated rings. The highest BCUT2D eigenvalue weighted by molar-refractivity contribution is 5.91. The first-order valence-corrected chi connectivity index (χ1v) is 4.57. The number of Topliss-reactive ketones (excluding diaryl/α,β-unsaturated/α-hetero) is 1. The number of rotatable bonds is 1. The van der Waals surface area contributed by atoms with Crippen LogP contribution < -0.4 is 5.73 Å². The van der Waals surface area contributed by atoms with Gasteiger partial charge < -0.3 is 10.2 Å². The number of ketones is 1. The molecule has 0 spiro atoms. The Labute approximate surface area is 76.9 Å². The predicted molar refractivity (Wildman–Crippen MR) is 48.6 cm³/mol. The molecule has 1 aromatic rings. The van der Waals surface area contributed by atoms with Crippen LogP contribution in [-0.2, 0) is 6.42 Å². The van der Waals surface area contributed by atoms with E-state index in [0.29, 0.717) is 5.76 Å². The Morgan fingerprint density at radius 3 is 3.08 bits per heavy atom. The maximum atomic E-state index is 11.0. The zero-order chi connectivity index (χ0) is 9.42. The van der Waals surface area contributed by atoms with Gasteiger partial charge in [-0.05, 0) is 18.9 Å². The predicted octanol–water partition coefficient (Wildman–Crippen LogP) is 1.82. The van der Waals surface area contributed by atoms with Gasteiger partial charge in [-0.15, -0.1) is 0 Å². The van der Waals surface area contributed by atoms with E-state index < -0.39 is 0 Å². The van der Waals surface area contributed by atoms with Gasteiger partial charge in [0.2, 0.25) is 0 Å². The van der Waals surface area contributed by atoms with Gasteiger partial charge in [0, 0.05) is 24.9 Å². The maximum Gasteiger partial charge on any atom is 0.194 e. The molecular formula is C10H13NO2. The molecule has 0 bridgehead atoms. The fraction of sp³-hybridized carbons (Fsp3) is 0.500. The Balaban J connectivity index is 2.42. The van der Waals surface area contributed by atoms with Crippen LogP contribution in [0, 0.1) is 0 Å². The Morgan fingerprint density at radius 1 is 1.69 bits per heavy atom. The number of hydrogen-bond donors (Lipinski definition) is 1. The largest absolute Gasteiger partial charge is 0.458 e. The summed E-state index contributed by atoms with van der Waals surface area (Å²) in [5.74, 6) is 1.33. The lowest BCUT2D eigenvalue weighted by molar-refractivity contribution is 0.0985. The van der Waals surface area contributed by atoms with Gasteiger partial charge in [-0.2, -0.15) is 0 Å². The maximum absolute atomic E-state index is 11.0. The summed E-state index contributed by atoms with van der Waals surface area (Å²) in [6, 6.07) is 1.85. The van der Waals surface area contributed by atoms with Crippen LogP contribution in [-0.4, -0.2) is 5.78 Å². The highest BCUT2D eigenvalue weighted by Crippen LogP contribution is 2.30. The topological polar surface area (TPSA) is 56.2 Å². The molecule has 1 heterocycles. The summed E-state index contributed by atoms with van der Waals surface area (Å²) in [4.78, 5) is 11.0. The number of hydrogen-bond acceptors (Lipinski definition) is 3. The minimum Gasteiger partial charge on any atom is -0.458 e. The van der Waals surface area contributed by atoms with Gasteiger partial charge in [0.25, 0.3) is 0 Å². The van der Waals surface area contributed by atoms with Crippen molar-refractivity contribution in [2.75, 3.05) is 0 Å². The molecule has 0 radical (unpaired) electrons. The van der Waals surface area contributed by atoms with Crippen LogP contribution in [0.5, 0.6) is 0 Å². The lowest BCUT2D eigenvalue weighted by Crippen LogP contribution is -2.15. The number of carbonyl (C=O) groups is 1. The molecule has 2 N–H and O–H groups in total. The van der Waals surface area contributed by atoms with Gasteiger partial charge >= 0.3 is 0 Å². The fourth-order valence-electron chi connectivity index (χ4n) is 1.76. The van der Waals surface area contributed by atoms with Gasteiger partial charge in [0.15, 0.2) is 11.5 Å². The first kappa shape index (κ1) is 8.51. The summed E-state index contributed by atoms with van der Waals surface area (Å²) in [6.45, 7) is 1.51. The minimum absolute atomic E-state index is 0.0263. The van der Waals surface area contributed by atoms with Crippen molar-refractivity contribution in [2.45, 2.75) is 32.2 Å². The number of furan rings is 1. The van der Waals surface area contributed by atoms with E-state index in [-0.39, 0.29) is 11.8 Å². The van der Waals surface area contributed by atoms with Crippen LogP contribution in [0.1, 0.15) is 47.7 Å². The van der Waals surface area contributed by atoms with Crippen molar-refractivity contribution in [3.8, 4) is 0 Å². The molecule has 1 unspecified atom stereocenters. The summed E-state index contributed by atoms with van der Waals surface area (Å²) in [5.41, 5.74) is 6.91. The van der Waals surface area contributed by atoms with E-state index in [9.17, 15) is 4.79 Å². The van der Waals surface area contributed by atoms with Crippen LogP contribution in [0.25, 0.3) is 0 Å². The highest BCUT2D eigenvalue weighted by Gasteiger charge is 2.22. The van der Waals surface area contributed by atoms with Gasteiger partial charge in [0.1, 0.15) is 5.76 Å². The molecule has 0 saturated heterocycles. The quantitative estimate of drug-likeness (QED) is 0.669. The Bertz CT molecular complexity index is 341.